The molecule has 0 radical (unpaired) electrons. The number of carbonyl (C=O) groups is 1. The third-order valence-electron chi connectivity index (χ3n) is 3.07. The SMILES string of the molecule is CN(CCc1ccccn1)C(=O)CNc1nccnc1C#N. The van der Waals surface area contributed by atoms with Gasteiger partial charge in [0.2, 0.25) is 5.91 Å². The second kappa shape index (κ2) is 7.69. The Hall–Kier alpha value is -3.01. The van der Waals surface area contributed by atoms with Gasteiger partial charge in [0.25, 0.3) is 0 Å². The summed E-state index contributed by atoms with van der Waals surface area (Å²) in [4.78, 5) is 25.8. The van der Waals surface area contributed by atoms with Crippen LogP contribution in [0.2, 0.25) is 0 Å². The largest absolute Gasteiger partial charge is 0.359 e. The van der Waals surface area contributed by atoms with Crippen LogP contribution in [0.5, 0.6) is 0 Å². The average Bonchev–Trinajstić information content (AvgIpc) is 2.58. The number of nitrogens with one attached hydrogen (secondary N) is 1. The predicted octanol–water partition coefficient (Wildman–Crippen LogP) is 0.856. The molecule has 2 rings (SSSR count). The highest BCUT2D eigenvalue weighted by Crippen LogP contribution is 2.06. The van der Waals surface area contributed by atoms with E-state index in [0.717, 1.165) is 5.69 Å². The third-order valence-corrected chi connectivity index (χ3v) is 3.07. The van der Waals surface area contributed by atoms with Crippen molar-refractivity contribution in [2.45, 2.75) is 6.42 Å². The highest BCUT2D eigenvalue weighted by Gasteiger charge is 2.11. The van der Waals surface area contributed by atoms with Crippen LogP contribution in [0.25, 0.3) is 0 Å². The summed E-state index contributed by atoms with van der Waals surface area (Å²) in [5, 5.41) is 11.7. The van der Waals surface area contributed by atoms with Crippen molar-refractivity contribution in [1.82, 2.24) is 19.9 Å². The van der Waals surface area contributed by atoms with E-state index in [-0.39, 0.29) is 18.1 Å². The molecular formula is C15H16N6O. The standard InChI is InChI=1S/C15H16N6O/c1-21(9-5-12-4-2-3-6-17-12)14(22)11-20-15-13(10-16)18-7-8-19-15/h2-4,6-8H,5,9,11H2,1H3,(H,19,20). The van der Waals surface area contributed by atoms with Gasteiger partial charge in [-0.25, -0.2) is 9.97 Å². The molecule has 0 bridgehead atoms. The number of likely N-dealkylation sites (N-methyl/N-ethyl adjacent to an activating group) is 1. The second-order valence-corrected chi connectivity index (χ2v) is 4.61. The molecule has 2 aromatic rings. The zero-order valence-electron chi connectivity index (χ0n) is 12.2. The van der Waals surface area contributed by atoms with Crippen molar-refractivity contribution in [2.75, 3.05) is 25.5 Å². The maximum atomic E-state index is 12.0. The van der Waals surface area contributed by atoms with E-state index in [2.05, 4.69) is 20.3 Å². The first-order valence-electron chi connectivity index (χ1n) is 6.79. The third kappa shape index (κ3) is 4.24. The Bertz CT molecular complexity index is 667. The minimum absolute atomic E-state index is 0.0616. The van der Waals surface area contributed by atoms with Gasteiger partial charge in [0, 0.05) is 44.3 Å². The van der Waals surface area contributed by atoms with Crippen LogP contribution in [-0.4, -0.2) is 45.9 Å². The Morgan fingerprint density at radius 1 is 1.27 bits per heavy atom. The van der Waals surface area contributed by atoms with Crippen LogP contribution in [0, 0.1) is 11.3 Å². The number of aromatic nitrogens is 3. The van der Waals surface area contributed by atoms with E-state index in [1.807, 2.05) is 24.3 Å². The van der Waals surface area contributed by atoms with Gasteiger partial charge in [0.05, 0.1) is 6.54 Å². The molecule has 0 aromatic carbocycles. The number of hydrogen-bond donors (Lipinski definition) is 1. The van der Waals surface area contributed by atoms with E-state index in [1.54, 1.807) is 18.1 Å². The fourth-order valence-electron chi connectivity index (χ4n) is 1.80. The topological polar surface area (TPSA) is 94.8 Å². The summed E-state index contributed by atoms with van der Waals surface area (Å²) in [6.07, 6.45) is 5.33. The van der Waals surface area contributed by atoms with E-state index in [4.69, 9.17) is 5.26 Å². The molecule has 0 fully saturated rings. The summed E-state index contributed by atoms with van der Waals surface area (Å²) in [5.74, 6) is 0.224. The van der Waals surface area contributed by atoms with Gasteiger partial charge in [-0.05, 0) is 12.1 Å². The van der Waals surface area contributed by atoms with Crippen molar-refractivity contribution in [3.8, 4) is 6.07 Å². The molecule has 0 aliphatic rings. The van der Waals surface area contributed by atoms with Gasteiger partial charge in [-0.15, -0.1) is 0 Å². The molecular weight excluding hydrogens is 280 g/mol. The van der Waals surface area contributed by atoms with E-state index in [9.17, 15) is 4.79 Å². The van der Waals surface area contributed by atoms with Crippen molar-refractivity contribution < 1.29 is 4.79 Å². The fraction of sp³-hybridized carbons (Fsp3) is 0.267. The molecule has 2 heterocycles. The molecule has 112 valence electrons. The Labute approximate surface area is 128 Å². The van der Waals surface area contributed by atoms with Gasteiger partial charge in [-0.1, -0.05) is 6.07 Å². The van der Waals surface area contributed by atoms with Crippen molar-refractivity contribution in [3.05, 3.63) is 48.2 Å². The lowest BCUT2D eigenvalue weighted by atomic mass is 10.2. The zero-order chi connectivity index (χ0) is 15.8. The van der Waals surface area contributed by atoms with Gasteiger partial charge in [-0.3, -0.25) is 9.78 Å². The first kappa shape index (κ1) is 15.4. The van der Waals surface area contributed by atoms with Crippen LogP contribution in [0.4, 0.5) is 5.82 Å². The molecule has 0 aliphatic heterocycles. The molecule has 0 spiro atoms. The maximum absolute atomic E-state index is 12.0. The highest BCUT2D eigenvalue weighted by atomic mass is 16.2. The summed E-state index contributed by atoms with van der Waals surface area (Å²) < 4.78 is 0. The quantitative estimate of drug-likeness (QED) is 0.849. The molecule has 1 amide bonds. The van der Waals surface area contributed by atoms with Gasteiger partial charge in [0.15, 0.2) is 11.5 Å². The van der Waals surface area contributed by atoms with Crippen molar-refractivity contribution in [1.29, 1.82) is 5.26 Å². The highest BCUT2D eigenvalue weighted by molar-refractivity contribution is 5.80. The van der Waals surface area contributed by atoms with Crippen molar-refractivity contribution in [2.24, 2.45) is 0 Å². The van der Waals surface area contributed by atoms with Crippen LogP contribution in [0.1, 0.15) is 11.4 Å². The molecule has 22 heavy (non-hydrogen) atoms. The molecule has 1 N–H and O–H groups in total. The lowest BCUT2D eigenvalue weighted by Gasteiger charge is -2.17. The monoisotopic (exact) mass is 296 g/mol. The van der Waals surface area contributed by atoms with Crippen molar-refractivity contribution in [3.63, 3.8) is 0 Å². The minimum atomic E-state index is -0.0922. The smallest absolute Gasteiger partial charge is 0.241 e. The summed E-state index contributed by atoms with van der Waals surface area (Å²) in [7, 11) is 1.73. The molecule has 2 aromatic heterocycles. The van der Waals surface area contributed by atoms with Gasteiger partial charge < -0.3 is 10.2 Å². The van der Waals surface area contributed by atoms with Crippen LogP contribution < -0.4 is 5.32 Å². The number of rotatable bonds is 6. The lowest BCUT2D eigenvalue weighted by molar-refractivity contribution is -0.128. The van der Waals surface area contributed by atoms with Gasteiger partial charge in [-0.2, -0.15) is 5.26 Å². The molecule has 0 aliphatic carbocycles. The van der Waals surface area contributed by atoms with Crippen LogP contribution in [-0.2, 0) is 11.2 Å². The van der Waals surface area contributed by atoms with Crippen molar-refractivity contribution >= 4 is 11.7 Å². The number of amides is 1. The van der Waals surface area contributed by atoms with Gasteiger partial charge in [0.1, 0.15) is 6.07 Å². The molecule has 0 saturated carbocycles. The number of pyridine rings is 1. The lowest BCUT2D eigenvalue weighted by Crippen LogP contribution is -2.34. The molecule has 0 saturated heterocycles. The number of carbonyl (C=O) groups excluding carboxylic acids is 1. The molecule has 7 nitrogen and oxygen atoms in total. The zero-order valence-corrected chi connectivity index (χ0v) is 12.2. The summed E-state index contributed by atoms with van der Waals surface area (Å²) in [6.45, 7) is 0.634. The first-order valence-corrected chi connectivity index (χ1v) is 6.79. The van der Waals surface area contributed by atoms with E-state index < -0.39 is 0 Å². The average molecular weight is 296 g/mol. The number of nitriles is 1. The number of anilines is 1. The number of hydrogen-bond acceptors (Lipinski definition) is 6. The Morgan fingerprint density at radius 3 is 2.82 bits per heavy atom. The molecule has 0 atom stereocenters. The number of nitrogens with zero attached hydrogens (tertiary/aromatic N) is 5. The second-order valence-electron chi connectivity index (χ2n) is 4.61. The Morgan fingerprint density at radius 2 is 2.09 bits per heavy atom. The molecule has 0 unspecified atom stereocenters. The fourth-order valence-corrected chi connectivity index (χ4v) is 1.80. The Kier molecular flexibility index (Phi) is 5.37. The normalized spacial score (nSPS) is 9.82. The Balaban J connectivity index is 1.83. The van der Waals surface area contributed by atoms with Crippen LogP contribution >= 0.6 is 0 Å². The van der Waals surface area contributed by atoms with E-state index >= 15 is 0 Å². The minimum Gasteiger partial charge on any atom is -0.359 e. The van der Waals surface area contributed by atoms with Gasteiger partial charge >= 0.3 is 0 Å². The maximum Gasteiger partial charge on any atom is 0.241 e. The summed E-state index contributed by atoms with van der Waals surface area (Å²) in [6, 6.07) is 7.63. The summed E-state index contributed by atoms with van der Waals surface area (Å²) in [5.41, 5.74) is 1.11. The predicted molar refractivity (Wildman–Crippen MR) is 80.8 cm³/mol. The first-order chi connectivity index (χ1) is 10.7. The molecule has 7 heteroatoms. The van der Waals surface area contributed by atoms with E-state index in [0.29, 0.717) is 18.8 Å². The van der Waals surface area contributed by atoms with Crippen LogP contribution in [0.3, 0.4) is 0 Å². The van der Waals surface area contributed by atoms with Crippen LogP contribution in [0.15, 0.2) is 36.8 Å². The van der Waals surface area contributed by atoms with E-state index in [1.165, 1.54) is 12.4 Å². The summed E-state index contributed by atoms with van der Waals surface area (Å²) >= 11 is 0.